The van der Waals surface area contributed by atoms with Crippen molar-refractivity contribution in [2.75, 3.05) is 20.6 Å². The number of hydrogen-bond donors (Lipinski definition) is 0. The Morgan fingerprint density at radius 2 is 1.25 bits per heavy atom. The summed E-state index contributed by atoms with van der Waals surface area (Å²) in [5.41, 5.74) is 0. The van der Waals surface area contributed by atoms with Gasteiger partial charge in [-0.2, -0.15) is 0 Å². The summed E-state index contributed by atoms with van der Waals surface area (Å²) in [5.74, 6) is 0. The summed E-state index contributed by atoms with van der Waals surface area (Å²) in [6.07, 6.45) is 19.0. The van der Waals surface area contributed by atoms with E-state index in [9.17, 15) is 0 Å². The van der Waals surface area contributed by atoms with E-state index >= 15 is 0 Å². The van der Waals surface area contributed by atoms with Crippen molar-refractivity contribution in [3.8, 4) is 0 Å². The highest BCUT2D eigenvalue weighted by Gasteiger charge is 2.28. The molecule has 1 aliphatic carbocycles. The van der Waals surface area contributed by atoms with Crippen LogP contribution < -0.4 is 12.4 Å². The third-order valence-corrected chi connectivity index (χ3v) is 5.15. The quantitative estimate of drug-likeness (QED) is 0.430. The van der Waals surface area contributed by atoms with Gasteiger partial charge in [0.25, 0.3) is 0 Å². The first-order valence-electron chi connectivity index (χ1n) is 8.99. The lowest BCUT2D eigenvalue weighted by atomic mass is 9.93. The van der Waals surface area contributed by atoms with Crippen LogP contribution in [-0.4, -0.2) is 31.2 Å². The summed E-state index contributed by atoms with van der Waals surface area (Å²) in [6.45, 7) is 3.70. The molecule has 0 aromatic rings. The molecule has 0 amide bonds. The van der Waals surface area contributed by atoms with Gasteiger partial charge in [-0.3, -0.25) is 0 Å². The minimum absolute atomic E-state index is 0. The van der Waals surface area contributed by atoms with Crippen molar-refractivity contribution < 1.29 is 16.9 Å². The molecule has 0 heterocycles. The highest BCUT2D eigenvalue weighted by atomic mass is 35.5. The van der Waals surface area contributed by atoms with Crippen LogP contribution >= 0.6 is 0 Å². The van der Waals surface area contributed by atoms with Crippen LogP contribution in [0.5, 0.6) is 0 Å². The predicted octanol–water partition coefficient (Wildman–Crippen LogP) is 2.54. The molecule has 1 saturated carbocycles. The molecule has 1 rings (SSSR count). The van der Waals surface area contributed by atoms with E-state index in [2.05, 4.69) is 21.0 Å². The monoisotopic (exact) mass is 303 g/mol. The van der Waals surface area contributed by atoms with E-state index in [1.165, 1.54) is 94.5 Å². The second kappa shape index (κ2) is 11.9. The number of hydrogen-bond acceptors (Lipinski definition) is 0. The van der Waals surface area contributed by atoms with E-state index in [-0.39, 0.29) is 12.4 Å². The fourth-order valence-corrected chi connectivity index (χ4v) is 3.62. The van der Waals surface area contributed by atoms with Gasteiger partial charge < -0.3 is 16.9 Å². The Hall–Kier alpha value is 0.250. The van der Waals surface area contributed by atoms with Crippen molar-refractivity contribution in [2.45, 2.75) is 96.4 Å². The average molecular weight is 304 g/mol. The summed E-state index contributed by atoms with van der Waals surface area (Å²) < 4.78 is 1.29. The molecule has 0 unspecified atom stereocenters. The van der Waals surface area contributed by atoms with E-state index in [1.807, 2.05) is 0 Å². The van der Waals surface area contributed by atoms with Gasteiger partial charge in [-0.25, -0.2) is 0 Å². The topological polar surface area (TPSA) is 0 Å². The molecule has 1 nitrogen and oxygen atoms in total. The zero-order valence-electron chi connectivity index (χ0n) is 14.3. The van der Waals surface area contributed by atoms with Gasteiger partial charge in [0.05, 0.1) is 26.7 Å². The number of halogens is 1. The molecule has 1 aliphatic rings. The van der Waals surface area contributed by atoms with Gasteiger partial charge in [0.1, 0.15) is 0 Å². The number of unbranched alkanes of at least 4 members (excludes halogenated alkanes) is 7. The first-order valence-corrected chi connectivity index (χ1v) is 8.99. The van der Waals surface area contributed by atoms with Crippen LogP contribution in [-0.2, 0) is 0 Å². The summed E-state index contributed by atoms with van der Waals surface area (Å²) in [4.78, 5) is 0. The fraction of sp³-hybridized carbons (Fsp3) is 1.00. The van der Waals surface area contributed by atoms with Gasteiger partial charge in [0.15, 0.2) is 0 Å². The maximum atomic E-state index is 2.47. The van der Waals surface area contributed by atoms with Gasteiger partial charge in [-0.05, 0) is 38.5 Å². The van der Waals surface area contributed by atoms with Gasteiger partial charge in [0.2, 0.25) is 0 Å². The van der Waals surface area contributed by atoms with Crippen LogP contribution in [0.1, 0.15) is 90.4 Å². The van der Waals surface area contributed by atoms with Crippen molar-refractivity contribution in [1.82, 2.24) is 0 Å². The molecular weight excluding hydrogens is 266 g/mol. The molecule has 122 valence electrons. The molecule has 0 bridgehead atoms. The largest absolute Gasteiger partial charge is 1.00 e. The maximum Gasteiger partial charge on any atom is 0.0886 e. The Morgan fingerprint density at radius 1 is 0.750 bits per heavy atom. The molecule has 0 aromatic heterocycles. The zero-order valence-corrected chi connectivity index (χ0v) is 15.1. The first kappa shape index (κ1) is 20.2. The Bertz CT molecular complexity index is 209. The number of nitrogens with zero attached hydrogens (tertiary/aromatic N) is 1. The van der Waals surface area contributed by atoms with Gasteiger partial charge in [0, 0.05) is 0 Å². The second-order valence-electron chi connectivity index (χ2n) is 7.27. The van der Waals surface area contributed by atoms with Gasteiger partial charge >= 0.3 is 0 Å². The van der Waals surface area contributed by atoms with Gasteiger partial charge in [-0.15, -0.1) is 0 Å². The minimum Gasteiger partial charge on any atom is -1.00 e. The number of quaternary nitrogens is 1. The van der Waals surface area contributed by atoms with Crippen molar-refractivity contribution >= 4 is 0 Å². The van der Waals surface area contributed by atoms with Gasteiger partial charge in [-0.1, -0.05) is 51.9 Å². The Morgan fingerprint density at radius 3 is 1.80 bits per heavy atom. The third kappa shape index (κ3) is 8.52. The average Bonchev–Trinajstić information content (AvgIpc) is 2.43. The lowest BCUT2D eigenvalue weighted by Gasteiger charge is -2.40. The van der Waals surface area contributed by atoms with E-state index in [4.69, 9.17) is 0 Å². The van der Waals surface area contributed by atoms with Crippen molar-refractivity contribution in [2.24, 2.45) is 0 Å². The van der Waals surface area contributed by atoms with E-state index in [0.29, 0.717) is 0 Å². The molecule has 1 fully saturated rings. The first-order chi connectivity index (χ1) is 9.17. The molecule has 20 heavy (non-hydrogen) atoms. The Balaban J connectivity index is 0.00000361. The standard InChI is InChI=1S/C18H38N.ClH/c1-4-5-6-7-8-9-10-14-17-19(2,3)18-15-12-11-13-16-18;/h18H,4-17H2,1-3H3;1H/q+1;/p-1. The number of rotatable bonds is 10. The summed E-state index contributed by atoms with van der Waals surface area (Å²) in [6, 6.07) is 0.957. The summed E-state index contributed by atoms with van der Waals surface area (Å²) in [7, 11) is 4.94. The van der Waals surface area contributed by atoms with Crippen molar-refractivity contribution in [3.05, 3.63) is 0 Å². The molecule has 0 aliphatic heterocycles. The molecule has 0 N–H and O–H groups in total. The third-order valence-electron chi connectivity index (χ3n) is 5.15. The van der Waals surface area contributed by atoms with Crippen molar-refractivity contribution in [1.29, 1.82) is 0 Å². The molecule has 0 saturated heterocycles. The lowest BCUT2D eigenvalue weighted by Crippen LogP contribution is -3.00. The van der Waals surface area contributed by atoms with E-state index in [0.717, 1.165) is 6.04 Å². The van der Waals surface area contributed by atoms with Crippen LogP contribution in [0.2, 0.25) is 0 Å². The molecule has 0 radical (unpaired) electrons. The minimum atomic E-state index is 0. The molecule has 0 spiro atoms. The van der Waals surface area contributed by atoms with Crippen LogP contribution in [0.25, 0.3) is 0 Å². The maximum absolute atomic E-state index is 2.47. The second-order valence-corrected chi connectivity index (χ2v) is 7.27. The summed E-state index contributed by atoms with van der Waals surface area (Å²) >= 11 is 0. The SMILES string of the molecule is CCCCCCCCCC[N+](C)(C)C1CCCCC1.[Cl-]. The molecule has 0 aromatic carbocycles. The lowest BCUT2D eigenvalue weighted by molar-refractivity contribution is -0.916. The Labute approximate surface area is 134 Å². The zero-order chi connectivity index (χ0) is 14.0. The smallest absolute Gasteiger partial charge is 0.0886 e. The van der Waals surface area contributed by atoms with E-state index in [1.54, 1.807) is 0 Å². The van der Waals surface area contributed by atoms with Crippen LogP contribution in [0.3, 0.4) is 0 Å². The summed E-state index contributed by atoms with van der Waals surface area (Å²) in [5, 5.41) is 0. The highest BCUT2D eigenvalue weighted by Crippen LogP contribution is 2.26. The highest BCUT2D eigenvalue weighted by molar-refractivity contribution is 4.65. The van der Waals surface area contributed by atoms with Crippen LogP contribution in [0.15, 0.2) is 0 Å². The fourth-order valence-electron chi connectivity index (χ4n) is 3.62. The van der Waals surface area contributed by atoms with Crippen LogP contribution in [0, 0.1) is 0 Å². The molecule has 2 heteroatoms. The van der Waals surface area contributed by atoms with E-state index < -0.39 is 0 Å². The normalized spacial score (nSPS) is 16.9. The van der Waals surface area contributed by atoms with Crippen LogP contribution in [0.4, 0.5) is 0 Å². The predicted molar refractivity (Wildman–Crippen MR) is 86.5 cm³/mol. The Kier molecular flexibility index (Phi) is 12.0. The molecular formula is C18H38ClN. The molecule has 0 atom stereocenters. The van der Waals surface area contributed by atoms with Crippen molar-refractivity contribution in [3.63, 3.8) is 0 Å².